The third-order valence-corrected chi connectivity index (χ3v) is 22.7. The zero-order valence-corrected chi connectivity index (χ0v) is 64.7. The molecule has 0 aromatic carbocycles. The van der Waals surface area contributed by atoms with Gasteiger partial charge >= 0.3 is 0 Å². The van der Waals surface area contributed by atoms with E-state index in [2.05, 4.69) is 236 Å². The number of rotatable bonds is 7. The molecule has 0 saturated heterocycles. The summed E-state index contributed by atoms with van der Waals surface area (Å²) >= 11 is 0. The third kappa shape index (κ3) is 32.7. The lowest BCUT2D eigenvalue weighted by Crippen LogP contribution is -2.35. The number of allylic oxidation sites excluding steroid dienone is 12. The van der Waals surface area contributed by atoms with E-state index in [1.54, 1.807) is 0 Å². The van der Waals surface area contributed by atoms with Crippen molar-refractivity contribution in [2.75, 3.05) is 0 Å². The lowest BCUT2D eigenvalue weighted by atomic mass is 9.71. The molecule has 0 aromatic heterocycles. The fourth-order valence-electron chi connectivity index (χ4n) is 16.4. The molecule has 0 spiro atoms. The molecule has 532 valence electrons. The maximum atomic E-state index is 10.0. The summed E-state index contributed by atoms with van der Waals surface area (Å²) < 4.78 is 0. The van der Waals surface area contributed by atoms with Crippen LogP contribution in [0.3, 0.4) is 0 Å². The molecule has 7 fully saturated rings. The predicted molar refractivity (Wildman–Crippen MR) is 395 cm³/mol. The number of aliphatic hydroxyl groups is 7. The Balaban J connectivity index is 0.000000531. The van der Waals surface area contributed by atoms with Gasteiger partial charge in [-0.05, 0) is 299 Å². The Bertz CT molecular complexity index is 2030. The maximum absolute atomic E-state index is 10.0. The Hall–Kier alpha value is -2.10. The quantitative estimate of drug-likeness (QED) is 0.126. The van der Waals surface area contributed by atoms with Crippen molar-refractivity contribution in [3.8, 4) is 0 Å². The highest BCUT2D eigenvalue weighted by Crippen LogP contribution is 2.41. The molecule has 28 atom stereocenters. The van der Waals surface area contributed by atoms with Crippen LogP contribution in [-0.2, 0) is 0 Å². The van der Waals surface area contributed by atoms with Crippen LogP contribution >= 0.6 is 0 Å². The van der Waals surface area contributed by atoms with Crippen LogP contribution in [0.1, 0.15) is 284 Å². The molecular formula is C84H154O7. The standard InChI is InChI=1S/7C12H22O/c1-8(2)5-11-7-12(13)6-9(3)10(11)4;1-8(2)5-11-7-12(13)10(4)6-9(11)3;1-8(2)5-11-6-9(3)7-12(13)10(11)4;1-8(2)5-11-7-9(3)6-10(4)12(11)13;1-8(2)7-11-9(3)5-6-12(13)10(11)4;1-8(2)7-11-6-5-9(3)12(13)10(11)4;1-8(2)7-11-6-5-9(3)10(4)12(11)13/h4*5,9-13H,6-7H2,1-4H3;3*7,9-13H,5-6H2,1-4H3. The van der Waals surface area contributed by atoms with Crippen molar-refractivity contribution in [3.63, 3.8) is 0 Å². The molecule has 7 N–H and O–H groups in total. The maximum Gasteiger partial charge on any atom is 0.0630 e. The lowest BCUT2D eigenvalue weighted by Gasteiger charge is -2.36. The smallest absolute Gasteiger partial charge is 0.0630 e. The molecule has 0 radical (unpaired) electrons. The van der Waals surface area contributed by atoms with Gasteiger partial charge in [0, 0.05) is 11.8 Å². The van der Waals surface area contributed by atoms with Crippen molar-refractivity contribution in [2.24, 2.45) is 124 Å². The molecule has 91 heavy (non-hydrogen) atoms. The van der Waals surface area contributed by atoms with E-state index >= 15 is 0 Å². The van der Waals surface area contributed by atoms with Crippen LogP contribution in [0.5, 0.6) is 0 Å². The summed E-state index contributed by atoms with van der Waals surface area (Å²) in [6, 6.07) is 0. The van der Waals surface area contributed by atoms with E-state index in [9.17, 15) is 35.7 Å². The first-order valence-electron chi connectivity index (χ1n) is 37.4. The monoisotopic (exact) mass is 1280 g/mol. The Labute approximate surface area is 565 Å². The van der Waals surface area contributed by atoms with Crippen molar-refractivity contribution in [2.45, 2.75) is 326 Å². The molecule has 0 aromatic rings. The van der Waals surface area contributed by atoms with Crippen molar-refractivity contribution < 1.29 is 35.7 Å². The van der Waals surface area contributed by atoms with Gasteiger partial charge in [-0.15, -0.1) is 0 Å². The number of hydrogen-bond acceptors (Lipinski definition) is 7. The first-order chi connectivity index (χ1) is 42.1. The summed E-state index contributed by atoms with van der Waals surface area (Å²) in [4.78, 5) is 0. The predicted octanol–water partition coefficient (Wildman–Crippen LogP) is 21.0. The molecular weight excluding hydrogens is 1120 g/mol. The van der Waals surface area contributed by atoms with Gasteiger partial charge in [-0.2, -0.15) is 0 Å². The summed E-state index contributed by atoms with van der Waals surface area (Å²) in [5, 5.41) is 68.8. The van der Waals surface area contributed by atoms with Gasteiger partial charge in [0.2, 0.25) is 0 Å². The van der Waals surface area contributed by atoms with Crippen LogP contribution in [0, 0.1) is 124 Å². The summed E-state index contributed by atoms with van der Waals surface area (Å²) in [6.07, 6.45) is 30.9. The largest absolute Gasteiger partial charge is 0.393 e. The fraction of sp³-hybridized carbons (Fsp3) is 0.833. The van der Waals surface area contributed by atoms with Crippen LogP contribution in [-0.4, -0.2) is 78.5 Å². The third-order valence-electron chi connectivity index (χ3n) is 22.7. The summed E-state index contributed by atoms with van der Waals surface area (Å²) in [7, 11) is 0. The molecule has 7 aliphatic rings. The van der Waals surface area contributed by atoms with Gasteiger partial charge in [0.25, 0.3) is 0 Å². The highest BCUT2D eigenvalue weighted by molar-refractivity contribution is 5.08. The Morgan fingerprint density at radius 2 is 0.659 bits per heavy atom. The molecule has 0 aliphatic heterocycles. The molecule has 7 rings (SSSR count). The number of hydrogen-bond donors (Lipinski definition) is 7. The van der Waals surface area contributed by atoms with E-state index in [1.807, 2.05) is 0 Å². The van der Waals surface area contributed by atoms with Gasteiger partial charge in [-0.25, -0.2) is 0 Å². The van der Waals surface area contributed by atoms with Crippen molar-refractivity contribution >= 4 is 0 Å². The number of aliphatic hydroxyl groups excluding tert-OH is 7. The van der Waals surface area contributed by atoms with E-state index in [-0.39, 0.29) is 42.7 Å². The van der Waals surface area contributed by atoms with E-state index in [4.69, 9.17) is 0 Å². The normalized spacial score (nSPS) is 40.1. The van der Waals surface area contributed by atoms with Crippen molar-refractivity contribution in [1.29, 1.82) is 0 Å². The van der Waals surface area contributed by atoms with Gasteiger partial charge < -0.3 is 35.7 Å². The summed E-state index contributed by atoms with van der Waals surface area (Å²) in [5.41, 5.74) is 9.52. The Morgan fingerprint density at radius 3 is 1.19 bits per heavy atom. The summed E-state index contributed by atoms with van der Waals surface area (Å²) in [6.45, 7) is 60.9. The molecule has 7 aliphatic carbocycles. The topological polar surface area (TPSA) is 142 Å². The van der Waals surface area contributed by atoms with Crippen LogP contribution in [0.15, 0.2) is 81.5 Å². The van der Waals surface area contributed by atoms with Gasteiger partial charge in [-0.3, -0.25) is 0 Å². The van der Waals surface area contributed by atoms with Crippen LogP contribution in [0.25, 0.3) is 0 Å². The van der Waals surface area contributed by atoms with Gasteiger partial charge in [-0.1, -0.05) is 178 Å². The Morgan fingerprint density at radius 1 is 0.231 bits per heavy atom. The van der Waals surface area contributed by atoms with E-state index in [1.165, 1.54) is 77.5 Å². The molecule has 0 amide bonds. The molecule has 0 bridgehead atoms. The molecule has 0 heterocycles. The lowest BCUT2D eigenvalue weighted by molar-refractivity contribution is 0.0132. The van der Waals surface area contributed by atoms with Crippen LogP contribution in [0.2, 0.25) is 0 Å². The second-order valence-electron chi connectivity index (χ2n) is 34.1. The average molecular weight is 1280 g/mol. The minimum Gasteiger partial charge on any atom is -0.393 e. The summed E-state index contributed by atoms with van der Waals surface area (Å²) in [5.74, 6) is 11.9. The first-order valence-corrected chi connectivity index (χ1v) is 37.4. The molecule has 7 heteroatoms. The van der Waals surface area contributed by atoms with E-state index in [0.717, 1.165) is 75.0 Å². The van der Waals surface area contributed by atoms with Gasteiger partial charge in [0.1, 0.15) is 0 Å². The van der Waals surface area contributed by atoms with Gasteiger partial charge in [0.05, 0.1) is 42.7 Å². The first kappa shape index (κ1) is 86.9. The second-order valence-corrected chi connectivity index (χ2v) is 34.1. The average Bonchev–Trinajstić information content (AvgIpc) is 1.25. The second kappa shape index (κ2) is 43.2. The highest BCUT2D eigenvalue weighted by Gasteiger charge is 2.37. The van der Waals surface area contributed by atoms with Crippen molar-refractivity contribution in [1.82, 2.24) is 0 Å². The molecule has 7 saturated carbocycles. The minimum atomic E-state index is -0.126. The van der Waals surface area contributed by atoms with Crippen molar-refractivity contribution in [3.05, 3.63) is 81.5 Å². The highest BCUT2D eigenvalue weighted by atomic mass is 16.3. The zero-order chi connectivity index (χ0) is 70.1. The SMILES string of the molecule is CC(C)=CC1C(C)CCC(O)C1C.CC(C)=CC1CC(C)CC(C)C1O.CC(C)=CC1CC(C)CC(O)C1C.CC(C)=CC1CC(O)C(C)CC1C.CC(C)=CC1CC(O)CC(C)C1C.CC(C)=CC1CCC(C)C(C)C1O.CC(C)=CC1CCC(C)C(O)C1C. The minimum absolute atomic E-state index is 0.0770. The Kier molecular flexibility index (Phi) is 41.3. The van der Waals surface area contributed by atoms with Crippen LogP contribution in [0.4, 0.5) is 0 Å². The van der Waals surface area contributed by atoms with E-state index < -0.39 is 0 Å². The molecule has 28 unspecified atom stereocenters. The van der Waals surface area contributed by atoms with Crippen LogP contribution < -0.4 is 0 Å². The fourth-order valence-corrected chi connectivity index (χ4v) is 16.4. The van der Waals surface area contributed by atoms with Gasteiger partial charge in [0.15, 0.2) is 0 Å². The molecule has 7 nitrogen and oxygen atoms in total. The zero-order valence-electron chi connectivity index (χ0n) is 64.7. The van der Waals surface area contributed by atoms with E-state index in [0.29, 0.717) is 101 Å².